The molecule has 0 aliphatic heterocycles. The topological polar surface area (TPSA) is 109 Å². The van der Waals surface area contributed by atoms with Crippen LogP contribution in [0.1, 0.15) is 31.0 Å². The zero-order valence-electron chi connectivity index (χ0n) is 21.6. The van der Waals surface area contributed by atoms with Crippen LogP contribution in [-0.4, -0.2) is 43.2 Å². The van der Waals surface area contributed by atoms with Gasteiger partial charge in [0.25, 0.3) is 0 Å². The monoisotopic (exact) mass is 525 g/mol. The molecule has 8 nitrogen and oxygen atoms in total. The lowest BCUT2D eigenvalue weighted by atomic mass is 10.0. The highest BCUT2D eigenvalue weighted by molar-refractivity contribution is 7.21. The van der Waals surface area contributed by atoms with Gasteiger partial charge in [0.05, 0.1) is 22.2 Å². The normalized spacial score (nSPS) is 12.0. The van der Waals surface area contributed by atoms with E-state index in [4.69, 9.17) is 15.0 Å². The third-order valence-corrected chi connectivity index (χ3v) is 7.63. The molecule has 0 spiro atoms. The highest BCUT2D eigenvalue weighted by atomic mass is 32.1. The molecule has 0 bridgehead atoms. The molecule has 1 unspecified atom stereocenters. The summed E-state index contributed by atoms with van der Waals surface area (Å²) in [6.45, 7) is 5.57. The Bertz CT molecular complexity index is 1450. The van der Waals surface area contributed by atoms with Crippen molar-refractivity contribution < 1.29 is 5.11 Å². The highest BCUT2D eigenvalue weighted by Crippen LogP contribution is 2.36. The second-order valence-corrected chi connectivity index (χ2v) is 10.2. The molecular formula is C29H31N7OS. The summed E-state index contributed by atoms with van der Waals surface area (Å²) < 4.78 is 1.07. The van der Waals surface area contributed by atoms with E-state index in [1.54, 1.807) is 29.9 Å². The Morgan fingerprint density at radius 3 is 2.50 bits per heavy atom. The molecule has 0 aliphatic carbocycles. The molecule has 0 fully saturated rings. The Hall–Kier alpha value is -3.95. The van der Waals surface area contributed by atoms with Crippen molar-refractivity contribution in [3.05, 3.63) is 78.5 Å². The van der Waals surface area contributed by atoms with Gasteiger partial charge in [-0.2, -0.15) is 4.98 Å². The fourth-order valence-corrected chi connectivity index (χ4v) is 5.30. The van der Waals surface area contributed by atoms with Gasteiger partial charge in [-0.25, -0.2) is 9.97 Å². The minimum absolute atomic E-state index is 0.186. The standard InChI is InChI=1S/C29H31N7OS/c1-3-20(18-37)10-14-32-27-26(28-35-24-17-31-13-11-25(24)38-28)19(2)34-29(36-27)33-15-21-6-8-22(9-7-21)23-5-4-12-30-16-23/h4-9,11-13,16-17,20,37H,3,10,14-15,18H2,1-2H3,(H2,32,33,34,36). The number of fused-ring (bicyclic) bond motifs is 1. The average Bonchev–Trinajstić information content (AvgIpc) is 3.38. The number of benzene rings is 1. The van der Waals surface area contributed by atoms with Crippen LogP contribution in [0.4, 0.5) is 11.8 Å². The second kappa shape index (κ2) is 12.1. The molecule has 5 aromatic rings. The first-order chi connectivity index (χ1) is 18.6. The number of nitrogens with zero attached hydrogens (tertiary/aromatic N) is 5. The number of nitrogens with one attached hydrogen (secondary N) is 2. The van der Waals surface area contributed by atoms with Gasteiger partial charge in [0, 0.05) is 38.3 Å². The van der Waals surface area contributed by atoms with E-state index in [0.29, 0.717) is 19.0 Å². The van der Waals surface area contributed by atoms with Gasteiger partial charge in [0.15, 0.2) is 0 Å². The molecule has 38 heavy (non-hydrogen) atoms. The molecule has 0 aliphatic rings. The van der Waals surface area contributed by atoms with Crippen molar-refractivity contribution in [2.45, 2.75) is 33.2 Å². The van der Waals surface area contributed by atoms with Crippen molar-refractivity contribution >= 4 is 33.3 Å². The second-order valence-electron chi connectivity index (χ2n) is 9.18. The molecule has 194 valence electrons. The van der Waals surface area contributed by atoms with Gasteiger partial charge in [-0.1, -0.05) is 43.7 Å². The Balaban J connectivity index is 1.37. The molecule has 4 heterocycles. The van der Waals surface area contributed by atoms with Gasteiger partial charge in [-0.3, -0.25) is 9.97 Å². The van der Waals surface area contributed by atoms with Gasteiger partial charge in [0.2, 0.25) is 5.95 Å². The Morgan fingerprint density at radius 1 is 0.921 bits per heavy atom. The van der Waals surface area contributed by atoms with Crippen molar-refractivity contribution in [1.29, 1.82) is 0 Å². The van der Waals surface area contributed by atoms with Crippen molar-refractivity contribution in [1.82, 2.24) is 24.9 Å². The number of pyridine rings is 2. The van der Waals surface area contributed by atoms with Crippen LogP contribution in [0, 0.1) is 12.8 Å². The zero-order chi connectivity index (χ0) is 26.3. The minimum Gasteiger partial charge on any atom is -0.396 e. The van der Waals surface area contributed by atoms with E-state index in [1.165, 1.54) is 0 Å². The quantitative estimate of drug-likeness (QED) is 0.194. The lowest BCUT2D eigenvalue weighted by Crippen LogP contribution is -2.14. The molecule has 0 amide bonds. The molecule has 0 saturated carbocycles. The van der Waals surface area contributed by atoms with Gasteiger partial charge < -0.3 is 15.7 Å². The number of thiazole rings is 1. The van der Waals surface area contributed by atoms with Gasteiger partial charge in [-0.15, -0.1) is 11.3 Å². The minimum atomic E-state index is 0.186. The van der Waals surface area contributed by atoms with Crippen molar-refractivity contribution in [3.63, 3.8) is 0 Å². The number of hydrogen-bond acceptors (Lipinski definition) is 9. The number of aryl methyl sites for hydroxylation is 1. The van der Waals surface area contributed by atoms with E-state index >= 15 is 0 Å². The van der Waals surface area contributed by atoms with E-state index in [1.807, 2.05) is 25.3 Å². The maximum atomic E-state index is 9.60. The first kappa shape index (κ1) is 25.7. The Morgan fingerprint density at radius 2 is 1.76 bits per heavy atom. The van der Waals surface area contributed by atoms with Crippen LogP contribution in [0.3, 0.4) is 0 Å². The predicted molar refractivity (Wildman–Crippen MR) is 154 cm³/mol. The summed E-state index contributed by atoms with van der Waals surface area (Å²) >= 11 is 1.61. The summed E-state index contributed by atoms with van der Waals surface area (Å²) in [4.78, 5) is 22.8. The summed E-state index contributed by atoms with van der Waals surface area (Å²) in [5.41, 5.74) is 5.96. The lowest BCUT2D eigenvalue weighted by molar-refractivity contribution is 0.217. The Kier molecular flexibility index (Phi) is 8.15. The van der Waals surface area contributed by atoms with E-state index in [2.05, 4.69) is 57.9 Å². The first-order valence-electron chi connectivity index (χ1n) is 12.8. The maximum Gasteiger partial charge on any atom is 0.225 e. The van der Waals surface area contributed by atoms with Crippen molar-refractivity contribution in [3.8, 4) is 21.7 Å². The fourth-order valence-electron chi connectivity index (χ4n) is 4.27. The third kappa shape index (κ3) is 5.95. The van der Waals surface area contributed by atoms with E-state index in [9.17, 15) is 5.11 Å². The fraction of sp³-hybridized carbons (Fsp3) is 0.276. The lowest BCUT2D eigenvalue weighted by Gasteiger charge is -2.16. The molecule has 3 N–H and O–H groups in total. The Labute approximate surface area is 226 Å². The smallest absolute Gasteiger partial charge is 0.225 e. The molecule has 5 rings (SSSR count). The van der Waals surface area contributed by atoms with Crippen LogP contribution in [0.2, 0.25) is 0 Å². The first-order valence-corrected chi connectivity index (χ1v) is 13.6. The third-order valence-electron chi connectivity index (χ3n) is 6.57. The molecule has 9 heteroatoms. The molecule has 1 atom stereocenters. The van der Waals surface area contributed by atoms with Crippen molar-refractivity contribution in [2.24, 2.45) is 5.92 Å². The van der Waals surface area contributed by atoms with Gasteiger partial charge in [-0.05, 0) is 48.1 Å². The van der Waals surface area contributed by atoms with E-state index < -0.39 is 0 Å². The van der Waals surface area contributed by atoms with Crippen LogP contribution in [0.5, 0.6) is 0 Å². The number of aromatic nitrogens is 5. The predicted octanol–water partition coefficient (Wildman–Crippen LogP) is 5.95. The van der Waals surface area contributed by atoms with Crippen molar-refractivity contribution in [2.75, 3.05) is 23.8 Å². The number of aliphatic hydroxyl groups is 1. The van der Waals surface area contributed by atoms with E-state index in [0.717, 1.165) is 61.8 Å². The molecule has 0 saturated heterocycles. The zero-order valence-corrected chi connectivity index (χ0v) is 22.4. The van der Waals surface area contributed by atoms with Crippen LogP contribution in [-0.2, 0) is 6.54 Å². The van der Waals surface area contributed by atoms with Gasteiger partial charge in [0.1, 0.15) is 16.3 Å². The maximum absolute atomic E-state index is 9.60. The number of rotatable bonds is 11. The van der Waals surface area contributed by atoms with Crippen LogP contribution in [0.25, 0.3) is 31.9 Å². The molecule has 0 radical (unpaired) electrons. The molecule has 1 aromatic carbocycles. The highest BCUT2D eigenvalue weighted by Gasteiger charge is 2.18. The summed E-state index contributed by atoms with van der Waals surface area (Å²) in [5, 5.41) is 17.4. The van der Waals surface area contributed by atoms with Crippen LogP contribution in [0.15, 0.2) is 67.3 Å². The summed E-state index contributed by atoms with van der Waals surface area (Å²) in [7, 11) is 0. The van der Waals surface area contributed by atoms with Gasteiger partial charge >= 0.3 is 0 Å². The number of hydrogen-bond donors (Lipinski definition) is 3. The molecular weight excluding hydrogens is 494 g/mol. The number of aliphatic hydroxyl groups excluding tert-OH is 1. The molecule has 4 aromatic heterocycles. The SMILES string of the molecule is CCC(CO)CCNc1nc(NCc2ccc(-c3cccnc3)cc2)nc(C)c1-c1nc2cnccc2s1. The largest absolute Gasteiger partial charge is 0.396 e. The van der Waals surface area contributed by atoms with Crippen LogP contribution < -0.4 is 10.6 Å². The van der Waals surface area contributed by atoms with Crippen LogP contribution >= 0.6 is 11.3 Å². The summed E-state index contributed by atoms with van der Waals surface area (Å²) in [6.07, 6.45) is 8.99. The summed E-state index contributed by atoms with van der Waals surface area (Å²) in [5.74, 6) is 1.56. The summed E-state index contributed by atoms with van der Waals surface area (Å²) in [6, 6.07) is 14.4. The number of anilines is 2. The van der Waals surface area contributed by atoms with E-state index in [-0.39, 0.29) is 12.5 Å². The average molecular weight is 526 g/mol.